The molecule has 0 radical (unpaired) electrons. The van der Waals surface area contributed by atoms with Gasteiger partial charge in [-0.2, -0.15) is 0 Å². The maximum Gasteiger partial charge on any atom is 0.315 e. The highest BCUT2D eigenvalue weighted by Crippen LogP contribution is 2.21. The van der Waals surface area contributed by atoms with Crippen molar-refractivity contribution in [2.75, 3.05) is 13.1 Å². The van der Waals surface area contributed by atoms with Gasteiger partial charge < -0.3 is 16.0 Å². The molecule has 0 aliphatic rings. The Kier molecular flexibility index (Phi) is 7.55. The highest BCUT2D eigenvalue weighted by Gasteiger charge is 2.16. The largest absolute Gasteiger partial charge is 0.352 e. The first-order valence-electron chi connectivity index (χ1n) is 9.81. The average Bonchev–Trinajstić information content (AvgIpc) is 2.79. The van der Waals surface area contributed by atoms with Gasteiger partial charge in [-0.05, 0) is 41.8 Å². The van der Waals surface area contributed by atoms with Crippen molar-refractivity contribution in [2.45, 2.75) is 12.5 Å². The second-order valence-electron chi connectivity index (χ2n) is 6.77. The van der Waals surface area contributed by atoms with E-state index in [2.05, 4.69) is 16.0 Å². The molecule has 0 aliphatic heterocycles. The summed E-state index contributed by atoms with van der Waals surface area (Å²) in [7, 11) is 0. The minimum Gasteiger partial charge on any atom is -0.352 e. The second kappa shape index (κ2) is 10.8. The van der Waals surface area contributed by atoms with E-state index in [9.17, 15) is 14.0 Å². The third kappa shape index (κ3) is 6.17. The predicted octanol–water partition coefficient (Wildman–Crippen LogP) is 4.03. The molecule has 3 N–H and O–H groups in total. The van der Waals surface area contributed by atoms with E-state index in [4.69, 9.17) is 0 Å². The summed E-state index contributed by atoms with van der Waals surface area (Å²) < 4.78 is 12.9. The third-order valence-electron chi connectivity index (χ3n) is 4.57. The highest BCUT2D eigenvalue weighted by atomic mass is 19.1. The first-order valence-corrected chi connectivity index (χ1v) is 9.81. The minimum absolute atomic E-state index is 0.259. The van der Waals surface area contributed by atoms with Gasteiger partial charge in [-0.1, -0.05) is 60.7 Å². The number of carbonyl (C=O) groups is 2. The molecule has 0 fully saturated rings. The first-order chi connectivity index (χ1) is 14.6. The molecule has 3 rings (SSSR count). The van der Waals surface area contributed by atoms with Gasteiger partial charge in [-0.3, -0.25) is 4.79 Å². The summed E-state index contributed by atoms with van der Waals surface area (Å²) in [5, 5.41) is 8.58. The number of nitrogens with one attached hydrogen (secondary N) is 3. The SMILES string of the molecule is O=C(NCCCNC(=O)c1ccc(F)cc1)NC(c1ccccc1)c1ccccc1. The van der Waals surface area contributed by atoms with Crippen LogP contribution in [0.3, 0.4) is 0 Å². The molecule has 0 spiro atoms. The summed E-state index contributed by atoms with van der Waals surface area (Å²) in [6.07, 6.45) is 0.571. The lowest BCUT2D eigenvalue weighted by Crippen LogP contribution is -2.39. The fourth-order valence-corrected chi connectivity index (χ4v) is 3.03. The molecule has 3 amide bonds. The average molecular weight is 405 g/mol. The molecule has 0 saturated heterocycles. The topological polar surface area (TPSA) is 70.2 Å². The summed E-state index contributed by atoms with van der Waals surface area (Å²) in [6.45, 7) is 0.809. The van der Waals surface area contributed by atoms with Gasteiger partial charge >= 0.3 is 6.03 Å². The molecule has 0 bridgehead atoms. The van der Waals surface area contributed by atoms with Crippen LogP contribution in [-0.2, 0) is 0 Å². The molecule has 6 heteroatoms. The molecule has 0 aromatic heterocycles. The van der Waals surface area contributed by atoms with Crippen molar-refractivity contribution in [3.63, 3.8) is 0 Å². The molecule has 0 saturated carbocycles. The predicted molar refractivity (Wildman–Crippen MR) is 115 cm³/mol. The quantitative estimate of drug-likeness (QED) is 0.495. The third-order valence-corrected chi connectivity index (χ3v) is 4.57. The van der Waals surface area contributed by atoms with Crippen LogP contribution in [-0.4, -0.2) is 25.0 Å². The Hall–Kier alpha value is -3.67. The minimum atomic E-state index is -0.383. The van der Waals surface area contributed by atoms with Gasteiger partial charge in [0.1, 0.15) is 5.82 Å². The maximum absolute atomic E-state index is 12.9. The summed E-state index contributed by atoms with van der Waals surface area (Å²) >= 11 is 0. The van der Waals surface area contributed by atoms with E-state index in [1.807, 2.05) is 60.7 Å². The zero-order valence-corrected chi connectivity index (χ0v) is 16.5. The van der Waals surface area contributed by atoms with Gasteiger partial charge in [0.25, 0.3) is 5.91 Å². The van der Waals surface area contributed by atoms with Gasteiger partial charge in [0.05, 0.1) is 6.04 Å². The molecule has 0 unspecified atom stereocenters. The molecule has 154 valence electrons. The Balaban J connectivity index is 1.45. The van der Waals surface area contributed by atoms with Crippen LogP contribution in [0.1, 0.15) is 33.9 Å². The molecule has 5 nitrogen and oxygen atoms in total. The number of hydrogen-bond donors (Lipinski definition) is 3. The molecular weight excluding hydrogens is 381 g/mol. The van der Waals surface area contributed by atoms with Crippen molar-refractivity contribution in [1.29, 1.82) is 0 Å². The van der Waals surface area contributed by atoms with Crippen LogP contribution in [0.2, 0.25) is 0 Å². The van der Waals surface area contributed by atoms with E-state index in [-0.39, 0.29) is 23.8 Å². The van der Waals surface area contributed by atoms with Gasteiger partial charge in [-0.15, -0.1) is 0 Å². The first kappa shape index (κ1) is 21.0. The summed E-state index contributed by atoms with van der Waals surface area (Å²) in [5.41, 5.74) is 2.38. The number of rotatable bonds is 8. The lowest BCUT2D eigenvalue weighted by Gasteiger charge is -2.20. The Morgan fingerprint density at radius 3 is 1.83 bits per heavy atom. The molecule has 0 aliphatic carbocycles. The van der Waals surface area contributed by atoms with Crippen LogP contribution in [0, 0.1) is 5.82 Å². The van der Waals surface area contributed by atoms with Crippen molar-refractivity contribution < 1.29 is 14.0 Å². The number of halogens is 1. The van der Waals surface area contributed by atoms with E-state index >= 15 is 0 Å². The number of benzene rings is 3. The molecule has 0 atom stereocenters. The molecule has 3 aromatic carbocycles. The zero-order valence-electron chi connectivity index (χ0n) is 16.5. The maximum atomic E-state index is 12.9. The number of amides is 3. The zero-order chi connectivity index (χ0) is 21.2. The number of carbonyl (C=O) groups excluding carboxylic acids is 2. The number of urea groups is 1. The monoisotopic (exact) mass is 405 g/mol. The van der Waals surface area contributed by atoms with Crippen molar-refractivity contribution >= 4 is 11.9 Å². The Bertz CT molecular complexity index is 908. The van der Waals surface area contributed by atoms with Gasteiger partial charge in [0.15, 0.2) is 0 Å². The fourth-order valence-electron chi connectivity index (χ4n) is 3.03. The normalized spacial score (nSPS) is 10.5. The van der Waals surface area contributed by atoms with Crippen molar-refractivity contribution in [3.05, 3.63) is 107 Å². The smallest absolute Gasteiger partial charge is 0.315 e. The summed E-state index contributed by atoms with van der Waals surface area (Å²) in [6, 6.07) is 24.4. The molecular formula is C24H24FN3O2. The Morgan fingerprint density at radius 1 is 0.733 bits per heavy atom. The summed E-state index contributed by atoms with van der Waals surface area (Å²) in [4.78, 5) is 24.4. The lowest BCUT2D eigenvalue weighted by molar-refractivity contribution is 0.0953. The van der Waals surface area contributed by atoms with Crippen LogP contribution in [0.5, 0.6) is 0 Å². The van der Waals surface area contributed by atoms with Crippen LogP contribution < -0.4 is 16.0 Å². The van der Waals surface area contributed by atoms with Crippen LogP contribution in [0.25, 0.3) is 0 Å². The van der Waals surface area contributed by atoms with Crippen molar-refractivity contribution in [1.82, 2.24) is 16.0 Å². The molecule has 30 heavy (non-hydrogen) atoms. The van der Waals surface area contributed by atoms with E-state index in [0.29, 0.717) is 25.1 Å². The van der Waals surface area contributed by atoms with Crippen LogP contribution in [0.4, 0.5) is 9.18 Å². The number of hydrogen-bond acceptors (Lipinski definition) is 2. The van der Waals surface area contributed by atoms with E-state index in [1.165, 1.54) is 24.3 Å². The molecule has 0 heterocycles. The van der Waals surface area contributed by atoms with E-state index in [1.54, 1.807) is 0 Å². The molecule has 3 aromatic rings. The summed E-state index contributed by atoms with van der Waals surface area (Å²) in [5.74, 6) is -0.654. The van der Waals surface area contributed by atoms with Crippen molar-refractivity contribution in [2.24, 2.45) is 0 Å². The van der Waals surface area contributed by atoms with E-state index < -0.39 is 0 Å². The standard InChI is InChI=1S/C24H24FN3O2/c25-21-14-12-20(13-15-21)23(29)26-16-7-17-27-24(30)28-22(18-8-3-1-4-9-18)19-10-5-2-6-11-19/h1-6,8-15,22H,7,16-17H2,(H,26,29)(H2,27,28,30). The van der Waals surface area contributed by atoms with Gasteiger partial charge in [0, 0.05) is 18.7 Å². The van der Waals surface area contributed by atoms with Crippen LogP contribution >= 0.6 is 0 Å². The van der Waals surface area contributed by atoms with Gasteiger partial charge in [-0.25, -0.2) is 9.18 Å². The lowest BCUT2D eigenvalue weighted by atomic mass is 9.99. The van der Waals surface area contributed by atoms with Gasteiger partial charge in [0.2, 0.25) is 0 Å². The fraction of sp³-hybridized carbons (Fsp3) is 0.167. The Labute approximate surface area is 175 Å². The second-order valence-corrected chi connectivity index (χ2v) is 6.77. The van der Waals surface area contributed by atoms with E-state index in [0.717, 1.165) is 11.1 Å². The Morgan fingerprint density at radius 2 is 1.27 bits per heavy atom. The highest BCUT2D eigenvalue weighted by molar-refractivity contribution is 5.94. The van der Waals surface area contributed by atoms with Crippen molar-refractivity contribution in [3.8, 4) is 0 Å². The van der Waals surface area contributed by atoms with Crippen LogP contribution in [0.15, 0.2) is 84.9 Å².